The van der Waals surface area contributed by atoms with Crippen molar-refractivity contribution in [2.75, 3.05) is 20.3 Å². The second-order valence-electron chi connectivity index (χ2n) is 4.87. The van der Waals surface area contributed by atoms with Crippen molar-refractivity contribution >= 4 is 15.9 Å². The molecule has 2 N–H and O–H groups in total. The molecule has 0 aliphatic heterocycles. The van der Waals surface area contributed by atoms with Crippen LogP contribution in [0.15, 0.2) is 22.7 Å². The fraction of sp³-hybridized carbons (Fsp3) is 0.571. The molecule has 2 unspecified atom stereocenters. The Morgan fingerprint density at radius 2 is 2.33 bits per heavy atom. The van der Waals surface area contributed by atoms with E-state index in [-0.39, 0.29) is 0 Å². The summed E-state index contributed by atoms with van der Waals surface area (Å²) in [6.45, 7) is 0.994. The number of aliphatic hydroxyl groups excluding tert-OH is 1. The lowest BCUT2D eigenvalue weighted by atomic mass is 9.88. The van der Waals surface area contributed by atoms with Gasteiger partial charge in [-0.2, -0.15) is 0 Å². The number of ether oxygens (including phenoxy) is 1. The predicted octanol–water partition coefficient (Wildman–Crippen LogP) is 1.90. The van der Waals surface area contributed by atoms with Crippen LogP contribution in [0, 0.1) is 0 Å². The minimum absolute atomic E-state index is 0.392. The summed E-state index contributed by atoms with van der Waals surface area (Å²) in [5.41, 5.74) is 2.86. The van der Waals surface area contributed by atoms with Crippen LogP contribution in [-0.2, 0) is 17.6 Å². The van der Waals surface area contributed by atoms with Crippen molar-refractivity contribution in [3.63, 3.8) is 0 Å². The first-order chi connectivity index (χ1) is 8.69. The van der Waals surface area contributed by atoms with Crippen molar-refractivity contribution < 1.29 is 9.84 Å². The highest BCUT2D eigenvalue weighted by atomic mass is 79.9. The van der Waals surface area contributed by atoms with E-state index in [0.717, 1.165) is 23.7 Å². The monoisotopic (exact) mass is 313 g/mol. The lowest BCUT2D eigenvalue weighted by Crippen LogP contribution is -2.40. The molecule has 0 saturated heterocycles. The van der Waals surface area contributed by atoms with E-state index in [9.17, 15) is 5.11 Å². The van der Waals surface area contributed by atoms with Crippen LogP contribution in [0.25, 0.3) is 0 Å². The summed E-state index contributed by atoms with van der Waals surface area (Å²) >= 11 is 3.51. The van der Waals surface area contributed by atoms with Crippen molar-refractivity contribution in [2.24, 2.45) is 0 Å². The molecule has 0 amide bonds. The number of methoxy groups -OCH3 is 1. The number of halogens is 1. The number of aliphatic hydroxyl groups is 1. The van der Waals surface area contributed by atoms with E-state index in [1.54, 1.807) is 7.11 Å². The molecule has 1 aromatic carbocycles. The number of fused-ring (bicyclic) bond motifs is 1. The maximum Gasteiger partial charge on any atom is 0.0897 e. The van der Waals surface area contributed by atoms with Crippen LogP contribution in [0.3, 0.4) is 0 Å². The van der Waals surface area contributed by atoms with Gasteiger partial charge in [0, 0.05) is 24.2 Å². The first-order valence-corrected chi connectivity index (χ1v) is 7.16. The second kappa shape index (κ2) is 6.66. The van der Waals surface area contributed by atoms with Crippen molar-refractivity contribution in [2.45, 2.75) is 31.4 Å². The van der Waals surface area contributed by atoms with Crippen molar-refractivity contribution in [3.8, 4) is 0 Å². The van der Waals surface area contributed by atoms with Gasteiger partial charge in [-0.1, -0.05) is 22.0 Å². The highest BCUT2D eigenvalue weighted by Gasteiger charge is 2.19. The zero-order valence-corrected chi connectivity index (χ0v) is 12.2. The summed E-state index contributed by atoms with van der Waals surface area (Å²) in [6, 6.07) is 6.97. The van der Waals surface area contributed by atoms with Crippen molar-refractivity contribution in [3.05, 3.63) is 33.8 Å². The molecule has 3 nitrogen and oxygen atoms in total. The van der Waals surface area contributed by atoms with Gasteiger partial charge in [0.05, 0.1) is 12.7 Å². The second-order valence-corrected chi connectivity index (χ2v) is 5.79. The Morgan fingerprint density at radius 3 is 3.11 bits per heavy atom. The Balaban J connectivity index is 1.86. The van der Waals surface area contributed by atoms with Gasteiger partial charge in [0.25, 0.3) is 0 Å². The molecule has 0 radical (unpaired) electrons. The number of hydrogen-bond donors (Lipinski definition) is 2. The number of nitrogens with one attached hydrogen (secondary N) is 1. The van der Waals surface area contributed by atoms with Gasteiger partial charge in [-0.3, -0.25) is 0 Å². The van der Waals surface area contributed by atoms with Crippen LogP contribution < -0.4 is 5.32 Å². The van der Waals surface area contributed by atoms with E-state index in [0.29, 0.717) is 19.2 Å². The third-order valence-corrected chi connectivity index (χ3v) is 3.89. The van der Waals surface area contributed by atoms with E-state index >= 15 is 0 Å². The van der Waals surface area contributed by atoms with Crippen molar-refractivity contribution in [1.82, 2.24) is 5.32 Å². The minimum atomic E-state index is -0.415. The number of rotatable bonds is 5. The Hall–Kier alpha value is -0.420. The molecule has 2 rings (SSSR count). The Labute approximate surface area is 117 Å². The molecule has 0 spiro atoms. The molecule has 4 heteroatoms. The summed E-state index contributed by atoms with van der Waals surface area (Å²) in [7, 11) is 1.61. The van der Waals surface area contributed by atoms with Gasteiger partial charge in [0.2, 0.25) is 0 Å². The molecule has 0 fully saturated rings. The Bertz CT molecular complexity index is 397. The molecular weight excluding hydrogens is 294 g/mol. The van der Waals surface area contributed by atoms with Crippen LogP contribution in [0.2, 0.25) is 0 Å². The average Bonchev–Trinajstić information content (AvgIpc) is 2.36. The third-order valence-electron chi connectivity index (χ3n) is 3.40. The number of aryl methyl sites for hydroxylation is 1. The van der Waals surface area contributed by atoms with Gasteiger partial charge < -0.3 is 15.2 Å². The molecule has 18 heavy (non-hydrogen) atoms. The lowest BCUT2D eigenvalue weighted by Gasteiger charge is -2.26. The Kier molecular flexibility index (Phi) is 5.18. The minimum Gasteiger partial charge on any atom is -0.389 e. The topological polar surface area (TPSA) is 41.5 Å². The van der Waals surface area contributed by atoms with E-state index < -0.39 is 6.10 Å². The van der Waals surface area contributed by atoms with E-state index in [4.69, 9.17) is 4.74 Å². The maximum absolute atomic E-state index is 9.62. The summed E-state index contributed by atoms with van der Waals surface area (Å²) in [4.78, 5) is 0. The van der Waals surface area contributed by atoms with Gasteiger partial charge in [0.1, 0.15) is 0 Å². The van der Waals surface area contributed by atoms with E-state index in [2.05, 4.69) is 39.4 Å². The smallest absolute Gasteiger partial charge is 0.0897 e. The fourth-order valence-electron chi connectivity index (χ4n) is 2.45. The summed E-state index contributed by atoms with van der Waals surface area (Å²) in [6.07, 6.45) is 2.86. The summed E-state index contributed by atoms with van der Waals surface area (Å²) in [5.74, 6) is 0. The zero-order chi connectivity index (χ0) is 13.0. The van der Waals surface area contributed by atoms with Crippen LogP contribution >= 0.6 is 15.9 Å². The van der Waals surface area contributed by atoms with Gasteiger partial charge in [-0.15, -0.1) is 0 Å². The molecule has 0 heterocycles. The molecule has 100 valence electrons. The fourth-order valence-corrected chi connectivity index (χ4v) is 2.86. The first-order valence-electron chi connectivity index (χ1n) is 6.36. The molecular formula is C14H20BrNO2. The molecule has 0 bridgehead atoms. The highest BCUT2D eigenvalue weighted by Crippen LogP contribution is 2.24. The average molecular weight is 314 g/mol. The molecule has 1 aliphatic rings. The van der Waals surface area contributed by atoms with Crippen LogP contribution in [0.1, 0.15) is 17.5 Å². The van der Waals surface area contributed by atoms with Gasteiger partial charge in [-0.05, 0) is 42.5 Å². The largest absolute Gasteiger partial charge is 0.389 e. The predicted molar refractivity (Wildman–Crippen MR) is 75.8 cm³/mol. The standard InChI is InChI=1S/C14H20BrNO2/c1-18-9-14(17)8-16-13-5-3-10-6-12(15)4-2-11(10)7-13/h2,4,6,13-14,16-17H,3,5,7-9H2,1H3. The third kappa shape index (κ3) is 3.79. The van der Waals surface area contributed by atoms with E-state index in [1.165, 1.54) is 11.1 Å². The highest BCUT2D eigenvalue weighted by molar-refractivity contribution is 9.10. The normalized spacial score (nSPS) is 20.5. The summed E-state index contributed by atoms with van der Waals surface area (Å²) < 4.78 is 6.07. The molecule has 0 saturated carbocycles. The maximum atomic E-state index is 9.62. The van der Waals surface area contributed by atoms with E-state index in [1.807, 2.05) is 0 Å². The van der Waals surface area contributed by atoms with Gasteiger partial charge in [0.15, 0.2) is 0 Å². The van der Waals surface area contributed by atoms with Crippen LogP contribution in [0.4, 0.5) is 0 Å². The molecule has 0 aromatic heterocycles. The quantitative estimate of drug-likeness (QED) is 0.872. The number of hydrogen-bond acceptors (Lipinski definition) is 3. The van der Waals surface area contributed by atoms with Crippen LogP contribution in [0.5, 0.6) is 0 Å². The Morgan fingerprint density at radius 1 is 1.50 bits per heavy atom. The summed E-state index contributed by atoms with van der Waals surface area (Å²) in [5, 5.41) is 13.0. The molecule has 2 atom stereocenters. The lowest BCUT2D eigenvalue weighted by molar-refractivity contribution is 0.0624. The molecule has 1 aromatic rings. The first kappa shape index (κ1) is 14.0. The molecule has 1 aliphatic carbocycles. The van der Waals surface area contributed by atoms with Crippen molar-refractivity contribution in [1.29, 1.82) is 0 Å². The van der Waals surface area contributed by atoms with Gasteiger partial charge in [-0.25, -0.2) is 0 Å². The number of benzene rings is 1. The SMILES string of the molecule is COCC(O)CNC1CCc2cc(Br)ccc2C1. The zero-order valence-electron chi connectivity index (χ0n) is 10.7. The van der Waals surface area contributed by atoms with Gasteiger partial charge >= 0.3 is 0 Å². The van der Waals surface area contributed by atoms with Crippen LogP contribution in [-0.4, -0.2) is 37.5 Å².